The molecule has 0 bridgehead atoms. The van der Waals surface area contributed by atoms with E-state index >= 15 is 0 Å². The lowest BCUT2D eigenvalue weighted by atomic mass is 9.97. The van der Waals surface area contributed by atoms with Crippen molar-refractivity contribution in [3.63, 3.8) is 0 Å². The fourth-order valence-corrected chi connectivity index (χ4v) is 4.33. The second-order valence-electron chi connectivity index (χ2n) is 6.64. The minimum atomic E-state index is -3.49. The van der Waals surface area contributed by atoms with E-state index in [1.807, 2.05) is 17.9 Å². The first kappa shape index (κ1) is 18.5. The van der Waals surface area contributed by atoms with Gasteiger partial charge in [-0.15, -0.1) is 0 Å². The first-order valence-corrected chi connectivity index (χ1v) is 10.2. The van der Waals surface area contributed by atoms with E-state index in [1.165, 1.54) is 0 Å². The molecule has 1 N–H and O–H groups in total. The highest BCUT2D eigenvalue weighted by Crippen LogP contribution is 2.19. The number of rotatable bonds is 5. The maximum atomic E-state index is 12.4. The van der Waals surface area contributed by atoms with E-state index in [9.17, 15) is 13.2 Å². The van der Waals surface area contributed by atoms with Crippen molar-refractivity contribution in [2.24, 2.45) is 5.92 Å². The van der Waals surface area contributed by atoms with Gasteiger partial charge in [0.15, 0.2) is 0 Å². The number of nitrogens with zero attached hydrogens (tertiary/aromatic N) is 2. The molecular formula is C19H23N3O3S. The number of pyridine rings is 1. The van der Waals surface area contributed by atoms with Crippen molar-refractivity contribution in [1.29, 1.82) is 0 Å². The molecule has 1 aromatic heterocycles. The van der Waals surface area contributed by atoms with Crippen molar-refractivity contribution in [3.05, 3.63) is 59.9 Å². The van der Waals surface area contributed by atoms with E-state index in [2.05, 4.69) is 9.71 Å². The Kier molecular flexibility index (Phi) is 5.68. The zero-order valence-corrected chi connectivity index (χ0v) is 15.6. The third-order valence-electron chi connectivity index (χ3n) is 4.69. The number of likely N-dealkylation sites (tertiary alicyclic amines) is 1. The van der Waals surface area contributed by atoms with Gasteiger partial charge in [0.25, 0.3) is 5.91 Å². The molecule has 1 aliphatic rings. The Hall–Kier alpha value is -2.25. The number of carbonyl (C=O) groups excluding carboxylic acids is 1. The number of hydrogen-bond acceptors (Lipinski definition) is 4. The van der Waals surface area contributed by atoms with Crippen LogP contribution in [0.25, 0.3) is 0 Å². The van der Waals surface area contributed by atoms with Crippen LogP contribution in [-0.2, 0) is 10.0 Å². The molecule has 26 heavy (non-hydrogen) atoms. The number of hydrogen-bond donors (Lipinski definition) is 1. The maximum Gasteiger partial charge on any atom is 0.253 e. The molecule has 6 nitrogen and oxygen atoms in total. The minimum Gasteiger partial charge on any atom is -0.339 e. The lowest BCUT2D eigenvalue weighted by Crippen LogP contribution is -2.41. The molecule has 0 atom stereocenters. The van der Waals surface area contributed by atoms with Crippen molar-refractivity contribution in [1.82, 2.24) is 14.6 Å². The lowest BCUT2D eigenvalue weighted by Gasteiger charge is -2.32. The third-order valence-corrected chi connectivity index (χ3v) is 6.11. The normalized spacial score (nSPS) is 15.8. The summed E-state index contributed by atoms with van der Waals surface area (Å²) in [6.07, 6.45) is 4.79. The van der Waals surface area contributed by atoms with Gasteiger partial charge in [0.1, 0.15) is 0 Å². The smallest absolute Gasteiger partial charge is 0.253 e. The molecule has 1 amide bonds. The Morgan fingerprint density at radius 2 is 1.88 bits per heavy atom. The molecule has 2 heterocycles. The first-order valence-electron chi connectivity index (χ1n) is 8.71. The summed E-state index contributed by atoms with van der Waals surface area (Å²) in [4.78, 5) is 18.5. The summed E-state index contributed by atoms with van der Waals surface area (Å²) in [5.41, 5.74) is 1.55. The van der Waals surface area contributed by atoms with Gasteiger partial charge in [0.05, 0.1) is 4.90 Å². The fourth-order valence-electron chi connectivity index (χ4n) is 3.11. The molecule has 1 saturated heterocycles. The Balaban J connectivity index is 1.52. The highest BCUT2D eigenvalue weighted by Gasteiger charge is 2.25. The topological polar surface area (TPSA) is 79.4 Å². The Morgan fingerprint density at radius 3 is 2.54 bits per heavy atom. The van der Waals surface area contributed by atoms with Gasteiger partial charge in [-0.05, 0) is 55.5 Å². The van der Waals surface area contributed by atoms with Gasteiger partial charge in [-0.3, -0.25) is 9.78 Å². The van der Waals surface area contributed by atoms with Crippen LogP contribution >= 0.6 is 0 Å². The number of nitrogens with one attached hydrogen (secondary N) is 1. The molecule has 7 heteroatoms. The van der Waals surface area contributed by atoms with Gasteiger partial charge in [0.2, 0.25) is 10.0 Å². The van der Waals surface area contributed by atoms with Crippen molar-refractivity contribution in [2.75, 3.05) is 19.6 Å². The van der Waals surface area contributed by atoms with E-state index in [0.29, 0.717) is 30.1 Å². The molecule has 0 radical (unpaired) electrons. The number of benzene rings is 1. The standard InChI is InChI=1S/C19H23N3O3S/c1-15-3-2-4-18(13-15)26(24,25)21-14-16-7-11-22(12-8-16)19(23)17-5-9-20-10-6-17/h2-6,9-10,13,16,21H,7-8,11-12,14H2,1H3. The zero-order chi connectivity index (χ0) is 18.6. The number of carbonyl (C=O) groups is 1. The third kappa shape index (κ3) is 4.47. The summed E-state index contributed by atoms with van der Waals surface area (Å²) >= 11 is 0. The molecule has 1 aliphatic heterocycles. The molecule has 0 saturated carbocycles. The molecular weight excluding hydrogens is 350 g/mol. The molecule has 0 unspecified atom stereocenters. The van der Waals surface area contributed by atoms with Crippen molar-refractivity contribution in [2.45, 2.75) is 24.7 Å². The second kappa shape index (κ2) is 7.97. The average molecular weight is 373 g/mol. The number of amides is 1. The highest BCUT2D eigenvalue weighted by molar-refractivity contribution is 7.89. The van der Waals surface area contributed by atoms with E-state index in [4.69, 9.17) is 0 Å². The van der Waals surface area contributed by atoms with Crippen molar-refractivity contribution < 1.29 is 13.2 Å². The first-order chi connectivity index (χ1) is 12.5. The van der Waals surface area contributed by atoms with Gasteiger partial charge in [0, 0.05) is 37.6 Å². The largest absolute Gasteiger partial charge is 0.339 e. The zero-order valence-electron chi connectivity index (χ0n) is 14.8. The molecule has 1 aromatic carbocycles. The summed E-state index contributed by atoms with van der Waals surface area (Å²) in [5, 5.41) is 0. The summed E-state index contributed by atoms with van der Waals surface area (Å²) in [7, 11) is -3.49. The molecule has 1 fully saturated rings. The summed E-state index contributed by atoms with van der Waals surface area (Å²) in [5.74, 6) is 0.238. The minimum absolute atomic E-state index is 0.00573. The predicted molar refractivity (Wildman–Crippen MR) is 99.2 cm³/mol. The number of piperidine rings is 1. The van der Waals surface area contributed by atoms with Crippen LogP contribution < -0.4 is 4.72 Å². The Labute approximate surface area is 154 Å². The summed E-state index contributed by atoms with van der Waals surface area (Å²) in [6.45, 7) is 3.54. The number of sulfonamides is 1. The van der Waals surface area contributed by atoms with Crippen molar-refractivity contribution >= 4 is 15.9 Å². The molecule has 0 spiro atoms. The van der Waals surface area contributed by atoms with Crippen LogP contribution in [0.2, 0.25) is 0 Å². The van der Waals surface area contributed by atoms with E-state index in [0.717, 1.165) is 18.4 Å². The van der Waals surface area contributed by atoms with Crippen LogP contribution in [0.5, 0.6) is 0 Å². The summed E-state index contributed by atoms with van der Waals surface area (Å²) in [6, 6.07) is 10.3. The van der Waals surface area contributed by atoms with Gasteiger partial charge < -0.3 is 4.90 Å². The Bertz CT molecular complexity index is 861. The van der Waals surface area contributed by atoms with E-state index < -0.39 is 10.0 Å². The quantitative estimate of drug-likeness (QED) is 0.872. The summed E-state index contributed by atoms with van der Waals surface area (Å²) < 4.78 is 27.5. The molecule has 138 valence electrons. The highest BCUT2D eigenvalue weighted by atomic mass is 32.2. The van der Waals surface area contributed by atoms with Crippen LogP contribution in [0.4, 0.5) is 0 Å². The van der Waals surface area contributed by atoms with Gasteiger partial charge >= 0.3 is 0 Å². The predicted octanol–water partition coefficient (Wildman–Crippen LogP) is 2.22. The number of aryl methyl sites for hydroxylation is 1. The van der Waals surface area contributed by atoms with Crippen LogP contribution in [0.1, 0.15) is 28.8 Å². The van der Waals surface area contributed by atoms with Gasteiger partial charge in [-0.25, -0.2) is 13.1 Å². The van der Waals surface area contributed by atoms with Crippen LogP contribution in [0, 0.1) is 12.8 Å². The van der Waals surface area contributed by atoms with Crippen LogP contribution in [0.3, 0.4) is 0 Å². The average Bonchev–Trinajstić information content (AvgIpc) is 2.67. The fraction of sp³-hybridized carbons (Fsp3) is 0.368. The van der Waals surface area contributed by atoms with Gasteiger partial charge in [-0.2, -0.15) is 0 Å². The Morgan fingerprint density at radius 1 is 1.19 bits per heavy atom. The number of aromatic nitrogens is 1. The lowest BCUT2D eigenvalue weighted by molar-refractivity contribution is 0.0692. The van der Waals surface area contributed by atoms with Crippen molar-refractivity contribution in [3.8, 4) is 0 Å². The molecule has 0 aliphatic carbocycles. The monoisotopic (exact) mass is 373 g/mol. The van der Waals surface area contributed by atoms with E-state index in [-0.39, 0.29) is 11.8 Å². The van der Waals surface area contributed by atoms with E-state index in [1.54, 1.807) is 42.7 Å². The van der Waals surface area contributed by atoms with Crippen LogP contribution in [-0.4, -0.2) is 43.8 Å². The SMILES string of the molecule is Cc1cccc(S(=O)(=O)NCC2CCN(C(=O)c3ccncc3)CC2)c1. The maximum absolute atomic E-state index is 12.4. The molecule has 2 aromatic rings. The van der Waals surface area contributed by atoms with Crippen LogP contribution in [0.15, 0.2) is 53.7 Å². The van der Waals surface area contributed by atoms with Gasteiger partial charge in [-0.1, -0.05) is 12.1 Å². The second-order valence-corrected chi connectivity index (χ2v) is 8.41. The molecule has 3 rings (SSSR count).